The first-order valence-electron chi connectivity index (χ1n) is 5.87. The van der Waals surface area contributed by atoms with Gasteiger partial charge in [0.1, 0.15) is 0 Å². The molecule has 0 heterocycles. The third-order valence-corrected chi connectivity index (χ3v) is 3.40. The van der Waals surface area contributed by atoms with Crippen molar-refractivity contribution in [3.63, 3.8) is 0 Å². The highest BCUT2D eigenvalue weighted by molar-refractivity contribution is 5.37. The SMILES string of the molecule is CC1CC1CN(C)Cc1ccccc1C#N. The minimum Gasteiger partial charge on any atom is -0.302 e. The van der Waals surface area contributed by atoms with E-state index in [1.807, 2.05) is 24.3 Å². The zero-order chi connectivity index (χ0) is 11.5. The Bertz CT molecular complexity index is 405. The van der Waals surface area contributed by atoms with Crippen LogP contribution in [0.25, 0.3) is 0 Å². The van der Waals surface area contributed by atoms with Gasteiger partial charge in [-0.15, -0.1) is 0 Å². The smallest absolute Gasteiger partial charge is 0.0995 e. The maximum absolute atomic E-state index is 9.00. The van der Waals surface area contributed by atoms with Crippen molar-refractivity contribution in [1.29, 1.82) is 5.26 Å². The average Bonchev–Trinajstić information content (AvgIpc) is 2.94. The normalized spacial score (nSPS) is 23.1. The molecule has 0 aromatic heterocycles. The maximum atomic E-state index is 9.00. The zero-order valence-corrected chi connectivity index (χ0v) is 9.98. The second-order valence-electron chi connectivity index (χ2n) is 4.94. The molecule has 2 heteroatoms. The van der Waals surface area contributed by atoms with E-state index < -0.39 is 0 Å². The predicted octanol–water partition coefficient (Wildman–Crippen LogP) is 2.65. The Labute approximate surface area is 97.5 Å². The van der Waals surface area contributed by atoms with Gasteiger partial charge in [0.15, 0.2) is 0 Å². The summed E-state index contributed by atoms with van der Waals surface area (Å²) < 4.78 is 0. The number of nitrogens with zero attached hydrogens (tertiary/aromatic N) is 2. The van der Waals surface area contributed by atoms with Gasteiger partial charge >= 0.3 is 0 Å². The third kappa shape index (κ3) is 2.62. The van der Waals surface area contributed by atoms with Crippen molar-refractivity contribution in [3.05, 3.63) is 35.4 Å². The summed E-state index contributed by atoms with van der Waals surface area (Å²) in [6, 6.07) is 10.1. The van der Waals surface area contributed by atoms with Crippen LogP contribution in [-0.2, 0) is 6.54 Å². The Morgan fingerprint density at radius 2 is 2.12 bits per heavy atom. The van der Waals surface area contributed by atoms with Crippen LogP contribution in [0.1, 0.15) is 24.5 Å². The maximum Gasteiger partial charge on any atom is 0.0995 e. The molecule has 16 heavy (non-hydrogen) atoms. The van der Waals surface area contributed by atoms with E-state index in [4.69, 9.17) is 5.26 Å². The van der Waals surface area contributed by atoms with Gasteiger partial charge in [-0.3, -0.25) is 0 Å². The zero-order valence-electron chi connectivity index (χ0n) is 9.98. The van der Waals surface area contributed by atoms with Crippen molar-refractivity contribution in [1.82, 2.24) is 4.90 Å². The number of rotatable bonds is 4. The number of hydrogen-bond acceptors (Lipinski definition) is 2. The van der Waals surface area contributed by atoms with E-state index in [1.165, 1.54) is 6.42 Å². The van der Waals surface area contributed by atoms with Gasteiger partial charge in [0, 0.05) is 13.1 Å². The van der Waals surface area contributed by atoms with Crippen molar-refractivity contribution < 1.29 is 0 Å². The Morgan fingerprint density at radius 1 is 1.44 bits per heavy atom. The topological polar surface area (TPSA) is 27.0 Å². The first-order valence-corrected chi connectivity index (χ1v) is 5.87. The summed E-state index contributed by atoms with van der Waals surface area (Å²) >= 11 is 0. The van der Waals surface area contributed by atoms with Gasteiger partial charge in [-0.2, -0.15) is 5.26 Å². The van der Waals surface area contributed by atoms with Crippen molar-refractivity contribution in [2.45, 2.75) is 19.9 Å². The molecular weight excluding hydrogens is 196 g/mol. The standard InChI is InChI=1S/C14H18N2/c1-11-7-14(11)10-16(2)9-13-6-4-3-5-12(13)8-15/h3-6,11,14H,7,9-10H2,1-2H3. The van der Waals surface area contributed by atoms with Gasteiger partial charge in [-0.1, -0.05) is 25.1 Å². The lowest BCUT2D eigenvalue weighted by Gasteiger charge is -2.17. The molecular formula is C14H18N2. The minimum absolute atomic E-state index is 0.804. The molecule has 1 aromatic carbocycles. The van der Waals surface area contributed by atoms with E-state index in [9.17, 15) is 0 Å². The summed E-state index contributed by atoms with van der Waals surface area (Å²) in [6.45, 7) is 4.34. The molecule has 0 aliphatic heterocycles. The quantitative estimate of drug-likeness (QED) is 0.770. The van der Waals surface area contributed by atoms with Gasteiger partial charge in [0.05, 0.1) is 11.6 Å². The van der Waals surface area contributed by atoms with Crippen LogP contribution in [0.2, 0.25) is 0 Å². The predicted molar refractivity (Wildman–Crippen MR) is 64.8 cm³/mol. The van der Waals surface area contributed by atoms with Crippen LogP contribution in [0.4, 0.5) is 0 Å². The molecule has 0 saturated heterocycles. The first-order chi connectivity index (χ1) is 7.70. The van der Waals surface area contributed by atoms with Crippen LogP contribution >= 0.6 is 0 Å². The largest absolute Gasteiger partial charge is 0.302 e. The van der Waals surface area contributed by atoms with E-state index in [2.05, 4.69) is 24.9 Å². The fourth-order valence-electron chi connectivity index (χ4n) is 2.18. The van der Waals surface area contributed by atoms with Crippen LogP contribution in [-0.4, -0.2) is 18.5 Å². The second kappa shape index (κ2) is 4.67. The van der Waals surface area contributed by atoms with Crippen molar-refractivity contribution in [2.24, 2.45) is 11.8 Å². The van der Waals surface area contributed by atoms with E-state index in [1.54, 1.807) is 0 Å². The summed E-state index contributed by atoms with van der Waals surface area (Å²) in [7, 11) is 2.14. The summed E-state index contributed by atoms with van der Waals surface area (Å²) in [5, 5.41) is 9.00. The molecule has 0 N–H and O–H groups in total. The summed E-state index contributed by atoms with van der Waals surface area (Å²) in [4.78, 5) is 2.32. The highest BCUT2D eigenvalue weighted by atomic mass is 15.1. The second-order valence-corrected chi connectivity index (χ2v) is 4.94. The molecule has 1 saturated carbocycles. The summed E-state index contributed by atoms with van der Waals surface area (Å²) in [6.07, 6.45) is 1.37. The Balaban J connectivity index is 1.95. The Morgan fingerprint density at radius 3 is 2.75 bits per heavy atom. The van der Waals surface area contributed by atoms with Crippen molar-refractivity contribution >= 4 is 0 Å². The van der Waals surface area contributed by atoms with E-state index >= 15 is 0 Å². The lowest BCUT2D eigenvalue weighted by molar-refractivity contribution is 0.307. The molecule has 0 bridgehead atoms. The Hall–Kier alpha value is -1.33. The highest BCUT2D eigenvalue weighted by Gasteiger charge is 2.33. The number of nitriles is 1. The lowest BCUT2D eigenvalue weighted by Crippen LogP contribution is -2.21. The van der Waals surface area contributed by atoms with Crippen LogP contribution in [0.3, 0.4) is 0 Å². The molecule has 2 rings (SSSR count). The number of benzene rings is 1. The van der Waals surface area contributed by atoms with Gasteiger partial charge in [0.25, 0.3) is 0 Å². The number of hydrogen-bond donors (Lipinski definition) is 0. The van der Waals surface area contributed by atoms with Gasteiger partial charge in [-0.25, -0.2) is 0 Å². The molecule has 84 valence electrons. The van der Waals surface area contributed by atoms with Crippen molar-refractivity contribution in [2.75, 3.05) is 13.6 Å². The summed E-state index contributed by atoms with van der Waals surface area (Å²) in [5.41, 5.74) is 1.94. The van der Waals surface area contributed by atoms with Gasteiger partial charge < -0.3 is 4.90 Å². The molecule has 1 aromatic rings. The van der Waals surface area contributed by atoms with Gasteiger partial charge in [-0.05, 0) is 36.9 Å². The first kappa shape index (κ1) is 11.2. The third-order valence-electron chi connectivity index (χ3n) is 3.40. The fourth-order valence-corrected chi connectivity index (χ4v) is 2.18. The molecule has 1 aliphatic rings. The van der Waals surface area contributed by atoms with Crippen LogP contribution < -0.4 is 0 Å². The fraction of sp³-hybridized carbons (Fsp3) is 0.500. The molecule has 2 atom stereocenters. The molecule has 1 aliphatic carbocycles. The Kier molecular flexibility index (Phi) is 3.26. The molecule has 1 fully saturated rings. The van der Waals surface area contributed by atoms with Gasteiger partial charge in [0.2, 0.25) is 0 Å². The average molecular weight is 214 g/mol. The van der Waals surface area contributed by atoms with E-state index in [0.717, 1.165) is 36.1 Å². The molecule has 0 amide bonds. The van der Waals surface area contributed by atoms with E-state index in [-0.39, 0.29) is 0 Å². The lowest BCUT2D eigenvalue weighted by atomic mass is 10.1. The molecule has 2 unspecified atom stereocenters. The monoisotopic (exact) mass is 214 g/mol. The van der Waals surface area contributed by atoms with Crippen molar-refractivity contribution in [3.8, 4) is 6.07 Å². The van der Waals surface area contributed by atoms with Crippen LogP contribution in [0.15, 0.2) is 24.3 Å². The van der Waals surface area contributed by atoms with Crippen LogP contribution in [0.5, 0.6) is 0 Å². The minimum atomic E-state index is 0.804. The van der Waals surface area contributed by atoms with E-state index in [0.29, 0.717) is 0 Å². The molecule has 2 nitrogen and oxygen atoms in total. The highest BCUT2D eigenvalue weighted by Crippen LogP contribution is 2.38. The van der Waals surface area contributed by atoms with Crippen LogP contribution in [0, 0.1) is 23.2 Å². The molecule has 0 spiro atoms. The molecule has 0 radical (unpaired) electrons. The summed E-state index contributed by atoms with van der Waals surface area (Å²) in [5.74, 6) is 1.77.